The van der Waals surface area contributed by atoms with Gasteiger partial charge >= 0.3 is 5.97 Å². The number of carbonyl (C=O) groups excluding carboxylic acids is 2. The molecule has 0 saturated carbocycles. The van der Waals surface area contributed by atoms with E-state index in [1.54, 1.807) is 77.4 Å². The van der Waals surface area contributed by atoms with E-state index in [1.165, 1.54) is 0 Å². The lowest BCUT2D eigenvalue weighted by atomic mass is 10.1. The number of esters is 1. The third-order valence-electron chi connectivity index (χ3n) is 4.68. The first-order valence-corrected chi connectivity index (χ1v) is 9.62. The summed E-state index contributed by atoms with van der Waals surface area (Å²) >= 11 is 6.01. The van der Waals surface area contributed by atoms with Crippen LogP contribution in [0.4, 0.5) is 5.69 Å². The van der Waals surface area contributed by atoms with E-state index < -0.39 is 18.5 Å². The lowest BCUT2D eigenvalue weighted by Crippen LogP contribution is -2.24. The fourth-order valence-corrected chi connectivity index (χ4v) is 3.50. The first kappa shape index (κ1) is 19.7. The van der Waals surface area contributed by atoms with Gasteiger partial charge in [0.1, 0.15) is 6.54 Å². The lowest BCUT2D eigenvalue weighted by molar-refractivity contribution is -0.147. The molecule has 3 aromatic carbocycles. The Hall–Kier alpha value is -3.64. The normalized spacial score (nSPS) is 10.8. The number of halogens is 1. The van der Waals surface area contributed by atoms with Gasteiger partial charge in [0.05, 0.1) is 21.7 Å². The van der Waals surface area contributed by atoms with Crippen LogP contribution in [0.5, 0.6) is 0 Å². The van der Waals surface area contributed by atoms with Crippen LogP contribution in [0.2, 0.25) is 5.02 Å². The number of amides is 1. The second kappa shape index (κ2) is 8.39. The third kappa shape index (κ3) is 3.90. The van der Waals surface area contributed by atoms with Crippen molar-refractivity contribution in [2.75, 3.05) is 11.9 Å². The Balaban J connectivity index is 1.54. The van der Waals surface area contributed by atoms with Gasteiger partial charge in [0, 0.05) is 10.8 Å². The Labute approximate surface area is 176 Å². The summed E-state index contributed by atoms with van der Waals surface area (Å²) in [4.78, 5) is 37.3. The Morgan fingerprint density at radius 3 is 2.07 bits per heavy atom. The number of rotatable bonds is 5. The van der Waals surface area contributed by atoms with Crippen LogP contribution < -0.4 is 10.7 Å². The molecule has 0 atom stereocenters. The number of para-hydroxylation sites is 3. The summed E-state index contributed by atoms with van der Waals surface area (Å²) in [5.74, 6) is -1.09. The average Bonchev–Trinajstić information content (AvgIpc) is 2.77. The molecule has 1 amide bonds. The zero-order valence-corrected chi connectivity index (χ0v) is 16.6. The summed E-state index contributed by atoms with van der Waals surface area (Å²) in [7, 11) is 0. The summed E-state index contributed by atoms with van der Waals surface area (Å²) in [6, 6.07) is 21.0. The molecule has 0 radical (unpaired) electrons. The predicted octanol–water partition coefficient (Wildman–Crippen LogP) is 3.99. The van der Waals surface area contributed by atoms with E-state index in [9.17, 15) is 14.4 Å². The van der Waals surface area contributed by atoms with Crippen LogP contribution in [-0.4, -0.2) is 23.1 Å². The van der Waals surface area contributed by atoms with Gasteiger partial charge in [-0.25, -0.2) is 0 Å². The number of ether oxygens (including phenoxy) is 1. The lowest BCUT2D eigenvalue weighted by Gasteiger charge is -2.14. The fourth-order valence-electron chi connectivity index (χ4n) is 3.32. The van der Waals surface area contributed by atoms with Gasteiger partial charge in [-0.05, 0) is 36.4 Å². The number of anilines is 1. The maximum absolute atomic E-state index is 12.7. The summed E-state index contributed by atoms with van der Waals surface area (Å²) in [6.07, 6.45) is 0. The molecule has 4 rings (SSSR count). The number of pyridine rings is 1. The van der Waals surface area contributed by atoms with Gasteiger partial charge < -0.3 is 14.6 Å². The van der Waals surface area contributed by atoms with Crippen molar-refractivity contribution in [1.82, 2.24) is 4.57 Å². The van der Waals surface area contributed by atoms with Crippen molar-refractivity contribution in [2.45, 2.75) is 6.54 Å². The van der Waals surface area contributed by atoms with E-state index >= 15 is 0 Å². The van der Waals surface area contributed by atoms with E-state index in [0.29, 0.717) is 32.5 Å². The molecule has 0 fully saturated rings. The molecule has 6 nitrogen and oxygen atoms in total. The Kier molecular flexibility index (Phi) is 5.50. The zero-order valence-electron chi connectivity index (χ0n) is 15.8. The van der Waals surface area contributed by atoms with Crippen LogP contribution in [0.25, 0.3) is 21.8 Å². The van der Waals surface area contributed by atoms with Crippen LogP contribution in [-0.2, 0) is 20.9 Å². The number of hydrogen-bond acceptors (Lipinski definition) is 4. The molecule has 0 spiro atoms. The molecule has 1 N–H and O–H groups in total. The molecule has 1 aromatic heterocycles. The van der Waals surface area contributed by atoms with Gasteiger partial charge in [-0.15, -0.1) is 0 Å². The van der Waals surface area contributed by atoms with Crippen LogP contribution in [0.3, 0.4) is 0 Å². The van der Waals surface area contributed by atoms with Crippen molar-refractivity contribution >= 4 is 51.0 Å². The fraction of sp³-hybridized carbons (Fsp3) is 0.0870. The standard InChI is InChI=1S/C23H17ClN2O4/c24-17-9-3-4-10-18(17)25-21(27)14-30-22(28)13-26-19-11-5-1-7-15(19)23(29)16-8-2-6-12-20(16)26/h1-12H,13-14H2,(H,25,27). The highest BCUT2D eigenvalue weighted by molar-refractivity contribution is 6.33. The maximum Gasteiger partial charge on any atom is 0.326 e. The maximum atomic E-state index is 12.7. The summed E-state index contributed by atoms with van der Waals surface area (Å²) in [6.45, 7) is -0.583. The van der Waals surface area contributed by atoms with Crippen LogP contribution in [0.1, 0.15) is 0 Å². The van der Waals surface area contributed by atoms with Crippen LogP contribution in [0.15, 0.2) is 77.6 Å². The molecule has 1 heterocycles. The van der Waals surface area contributed by atoms with E-state index in [1.807, 2.05) is 0 Å². The van der Waals surface area contributed by atoms with E-state index in [-0.39, 0.29) is 12.0 Å². The van der Waals surface area contributed by atoms with Crippen molar-refractivity contribution < 1.29 is 14.3 Å². The van der Waals surface area contributed by atoms with Crippen LogP contribution >= 0.6 is 11.6 Å². The first-order chi connectivity index (χ1) is 14.5. The van der Waals surface area contributed by atoms with E-state index in [4.69, 9.17) is 16.3 Å². The second-order valence-corrected chi connectivity index (χ2v) is 7.05. The minimum atomic E-state index is -0.594. The van der Waals surface area contributed by atoms with Crippen molar-refractivity contribution in [3.8, 4) is 0 Å². The minimum Gasteiger partial charge on any atom is -0.454 e. The van der Waals surface area contributed by atoms with Crippen molar-refractivity contribution in [1.29, 1.82) is 0 Å². The highest BCUT2D eigenvalue weighted by atomic mass is 35.5. The molecular weight excluding hydrogens is 404 g/mol. The average molecular weight is 421 g/mol. The smallest absolute Gasteiger partial charge is 0.326 e. The third-order valence-corrected chi connectivity index (χ3v) is 5.01. The molecule has 7 heteroatoms. The summed E-state index contributed by atoms with van der Waals surface area (Å²) in [5, 5.41) is 4.02. The largest absolute Gasteiger partial charge is 0.454 e. The van der Waals surface area contributed by atoms with Gasteiger partial charge in [0.2, 0.25) is 0 Å². The van der Waals surface area contributed by atoms with Gasteiger partial charge in [-0.1, -0.05) is 48.0 Å². The topological polar surface area (TPSA) is 77.4 Å². The van der Waals surface area contributed by atoms with Gasteiger partial charge in [0.15, 0.2) is 12.0 Å². The Bertz CT molecular complexity index is 1270. The van der Waals surface area contributed by atoms with Gasteiger partial charge in [0.25, 0.3) is 5.91 Å². The van der Waals surface area contributed by atoms with Crippen molar-refractivity contribution in [3.05, 3.63) is 88.0 Å². The molecule has 0 aliphatic rings. The number of fused-ring (bicyclic) bond motifs is 2. The number of hydrogen-bond donors (Lipinski definition) is 1. The quantitative estimate of drug-likeness (QED) is 0.391. The molecule has 0 unspecified atom stereocenters. The number of aromatic nitrogens is 1. The molecular formula is C23H17ClN2O4. The zero-order chi connectivity index (χ0) is 21.1. The number of nitrogens with one attached hydrogen (secondary N) is 1. The Morgan fingerprint density at radius 1 is 0.867 bits per heavy atom. The predicted molar refractivity (Wildman–Crippen MR) is 117 cm³/mol. The molecule has 0 saturated heterocycles. The van der Waals surface area contributed by atoms with Crippen molar-refractivity contribution in [3.63, 3.8) is 0 Å². The summed E-state index contributed by atoms with van der Waals surface area (Å²) in [5.41, 5.74) is 1.60. The Morgan fingerprint density at radius 2 is 1.43 bits per heavy atom. The number of benzene rings is 3. The molecule has 4 aromatic rings. The highest BCUT2D eigenvalue weighted by Crippen LogP contribution is 2.21. The van der Waals surface area contributed by atoms with Crippen molar-refractivity contribution in [2.24, 2.45) is 0 Å². The first-order valence-electron chi connectivity index (χ1n) is 9.25. The number of carbonyl (C=O) groups is 2. The molecule has 0 aliphatic carbocycles. The number of nitrogens with zero attached hydrogens (tertiary/aromatic N) is 1. The van der Waals surface area contributed by atoms with Gasteiger partial charge in [-0.3, -0.25) is 14.4 Å². The molecule has 0 aliphatic heterocycles. The van der Waals surface area contributed by atoms with Gasteiger partial charge in [-0.2, -0.15) is 0 Å². The van der Waals surface area contributed by atoms with E-state index in [2.05, 4.69) is 5.32 Å². The molecule has 150 valence electrons. The summed E-state index contributed by atoms with van der Waals surface area (Å²) < 4.78 is 6.88. The highest BCUT2D eigenvalue weighted by Gasteiger charge is 2.15. The molecule has 0 bridgehead atoms. The monoisotopic (exact) mass is 420 g/mol. The minimum absolute atomic E-state index is 0.0927. The van der Waals surface area contributed by atoms with Crippen LogP contribution in [0, 0.1) is 0 Å². The van der Waals surface area contributed by atoms with E-state index in [0.717, 1.165) is 0 Å². The second-order valence-electron chi connectivity index (χ2n) is 6.64. The molecule has 30 heavy (non-hydrogen) atoms. The SMILES string of the molecule is O=C(COC(=O)Cn1c2ccccc2c(=O)c2ccccc21)Nc1ccccc1Cl.